The summed E-state index contributed by atoms with van der Waals surface area (Å²) >= 11 is 22.9. The van der Waals surface area contributed by atoms with Crippen molar-refractivity contribution in [3.63, 3.8) is 0 Å². The van der Waals surface area contributed by atoms with Gasteiger partial charge in [0.25, 0.3) is 0 Å². The van der Waals surface area contributed by atoms with Gasteiger partial charge >= 0.3 is 0 Å². The highest BCUT2D eigenvalue weighted by Crippen LogP contribution is 2.40. The Balaban J connectivity index is 1.93. The average Bonchev–Trinajstić information content (AvgIpc) is 3.03. The third-order valence-corrected chi connectivity index (χ3v) is 9.88. The summed E-state index contributed by atoms with van der Waals surface area (Å²) < 4.78 is 24.8. The van der Waals surface area contributed by atoms with Gasteiger partial charge in [0.05, 0.1) is 28.4 Å². The maximum absolute atomic E-state index is 6.20. The van der Waals surface area contributed by atoms with Crippen molar-refractivity contribution >= 4 is 68.3 Å². The molecule has 248 valence electrons. The van der Waals surface area contributed by atoms with Gasteiger partial charge in [0.2, 0.25) is 0 Å². The molecule has 4 aromatic carbocycles. The smallest absolute Gasteiger partial charge is 0.125 e. The van der Waals surface area contributed by atoms with Crippen LogP contribution >= 0.6 is 48.9 Å². The van der Waals surface area contributed by atoms with Crippen LogP contribution in [0.4, 0.5) is 0 Å². The quantitative estimate of drug-likeness (QED) is 0.116. The van der Waals surface area contributed by atoms with Gasteiger partial charge in [-0.2, -0.15) is 0 Å². The van der Waals surface area contributed by atoms with E-state index in [9.17, 15) is 0 Å². The highest BCUT2D eigenvalue weighted by Gasteiger charge is 2.24. The fourth-order valence-corrected chi connectivity index (χ4v) is 7.22. The molecule has 0 spiro atoms. The predicted octanol–water partition coefficient (Wildman–Crippen LogP) is 9.35. The molecule has 0 radical (unpaired) electrons. The number of thiocarbonyl (C=S) groups is 4. The Morgan fingerprint density at radius 2 is 0.500 bits per heavy atom. The maximum atomic E-state index is 6.20. The highest BCUT2D eigenvalue weighted by molar-refractivity contribution is 7.81. The summed E-state index contributed by atoms with van der Waals surface area (Å²) in [7, 11) is 6.89. The lowest BCUT2D eigenvalue weighted by molar-refractivity contribution is 0.395. The summed E-state index contributed by atoms with van der Waals surface area (Å²) in [6, 6.07) is 17.0. The molecule has 4 nitrogen and oxygen atoms in total. The molecule has 4 aromatic rings. The van der Waals surface area contributed by atoms with E-state index in [2.05, 4.69) is 48.5 Å². The number of ether oxygens (including phenoxy) is 4. The van der Waals surface area contributed by atoms with Gasteiger partial charge in [-0.3, -0.25) is 0 Å². The Morgan fingerprint density at radius 3 is 0.604 bits per heavy atom. The first kappa shape index (κ1) is 35.7. The van der Waals surface area contributed by atoms with Crippen LogP contribution in [0.5, 0.6) is 23.0 Å². The average molecular weight is 713 g/mol. The van der Waals surface area contributed by atoms with Crippen LogP contribution in [0.15, 0.2) is 48.5 Å². The molecule has 0 atom stereocenters. The molecule has 0 fully saturated rings. The van der Waals surface area contributed by atoms with Crippen LogP contribution in [-0.4, -0.2) is 47.9 Å². The molecular formula is C40H40O4S4. The zero-order valence-corrected chi connectivity index (χ0v) is 32.0. The number of methoxy groups -OCH3 is 4. The van der Waals surface area contributed by atoms with E-state index in [0.29, 0.717) is 25.7 Å². The van der Waals surface area contributed by atoms with Gasteiger partial charge in [-0.1, -0.05) is 48.9 Å². The lowest BCUT2D eigenvalue weighted by Crippen LogP contribution is -2.10. The first-order valence-corrected chi connectivity index (χ1v) is 17.3. The molecule has 0 N–H and O–H groups in total. The van der Waals surface area contributed by atoms with E-state index in [0.717, 1.165) is 109 Å². The Kier molecular flexibility index (Phi) is 11.1. The monoisotopic (exact) mass is 712 g/mol. The minimum Gasteiger partial charge on any atom is -0.496 e. The molecule has 0 amide bonds. The second-order valence-electron chi connectivity index (χ2n) is 12.2. The summed E-state index contributed by atoms with van der Waals surface area (Å²) in [5.74, 6) is 3.21. The van der Waals surface area contributed by atoms with Gasteiger partial charge in [-0.15, -0.1) is 0 Å². The number of fused-ring (bicyclic) bond motifs is 8. The van der Waals surface area contributed by atoms with Crippen molar-refractivity contribution in [2.45, 2.75) is 53.4 Å². The van der Waals surface area contributed by atoms with E-state index in [1.165, 1.54) is 0 Å². The molecule has 48 heavy (non-hydrogen) atoms. The summed E-state index contributed by atoms with van der Waals surface area (Å²) in [6.07, 6.45) is 2.18. The van der Waals surface area contributed by atoms with E-state index < -0.39 is 0 Å². The Hall–Kier alpha value is -3.56. The molecule has 0 heterocycles. The van der Waals surface area contributed by atoms with Crippen LogP contribution in [0, 0.1) is 0 Å². The van der Waals surface area contributed by atoms with Gasteiger partial charge in [-0.25, -0.2) is 0 Å². The molecule has 1 aliphatic rings. The SMILES string of the molecule is COc1c2cc(C(C)=S)cc1Cc1cc(C(C)=S)cc(c1OC)Cc1cc(C(C)=S)cc(c1OC)Cc1cc(C(C)=S)cc(c1OC)C2. The zero-order chi connectivity index (χ0) is 34.9. The Morgan fingerprint density at radius 1 is 0.354 bits per heavy atom. The lowest BCUT2D eigenvalue weighted by Gasteiger charge is -2.23. The number of hydrogen-bond donors (Lipinski definition) is 0. The van der Waals surface area contributed by atoms with Gasteiger partial charge in [0, 0.05) is 45.1 Å². The van der Waals surface area contributed by atoms with E-state index in [1.54, 1.807) is 28.4 Å². The molecule has 5 rings (SSSR count). The van der Waals surface area contributed by atoms with Crippen LogP contribution in [0.25, 0.3) is 0 Å². The van der Waals surface area contributed by atoms with Crippen molar-refractivity contribution in [3.05, 3.63) is 115 Å². The first-order chi connectivity index (χ1) is 22.9. The normalized spacial score (nSPS) is 12.2. The summed E-state index contributed by atoms with van der Waals surface area (Å²) in [5, 5.41) is 0. The van der Waals surface area contributed by atoms with Crippen molar-refractivity contribution in [1.29, 1.82) is 0 Å². The minimum absolute atomic E-state index is 0.544. The molecule has 0 aliphatic heterocycles. The van der Waals surface area contributed by atoms with Gasteiger partial charge in [0.15, 0.2) is 0 Å². The number of benzene rings is 4. The minimum atomic E-state index is 0.544. The van der Waals surface area contributed by atoms with Crippen molar-refractivity contribution < 1.29 is 18.9 Å². The van der Waals surface area contributed by atoms with Crippen molar-refractivity contribution in [3.8, 4) is 23.0 Å². The molecule has 0 saturated heterocycles. The molecule has 1 aliphatic carbocycles. The predicted molar refractivity (Wildman–Crippen MR) is 213 cm³/mol. The molecule has 0 unspecified atom stereocenters. The van der Waals surface area contributed by atoms with Crippen LogP contribution in [0.3, 0.4) is 0 Å². The van der Waals surface area contributed by atoms with Crippen molar-refractivity contribution in [2.24, 2.45) is 0 Å². The molecule has 8 bridgehead atoms. The highest BCUT2D eigenvalue weighted by atomic mass is 32.1. The Bertz CT molecular complexity index is 1610. The summed E-state index contributed by atoms with van der Waals surface area (Å²) in [4.78, 5) is 3.21. The van der Waals surface area contributed by atoms with Gasteiger partial charge in [0.1, 0.15) is 23.0 Å². The summed E-state index contributed by atoms with van der Waals surface area (Å²) in [6.45, 7) is 7.82. The van der Waals surface area contributed by atoms with Crippen LogP contribution in [-0.2, 0) is 25.7 Å². The zero-order valence-electron chi connectivity index (χ0n) is 28.7. The second-order valence-corrected chi connectivity index (χ2v) is 14.7. The maximum Gasteiger partial charge on any atom is 0.125 e. The van der Waals surface area contributed by atoms with Crippen LogP contribution in [0.1, 0.15) is 94.5 Å². The van der Waals surface area contributed by atoms with Crippen molar-refractivity contribution in [2.75, 3.05) is 28.4 Å². The topological polar surface area (TPSA) is 36.9 Å². The van der Waals surface area contributed by atoms with E-state index in [1.807, 2.05) is 27.7 Å². The van der Waals surface area contributed by atoms with Gasteiger partial charge < -0.3 is 18.9 Å². The molecule has 0 aromatic heterocycles. The second kappa shape index (κ2) is 14.9. The number of rotatable bonds is 8. The first-order valence-electron chi connectivity index (χ1n) is 15.7. The third kappa shape index (κ3) is 7.22. The fourth-order valence-electron chi connectivity index (χ4n) is 6.75. The molecule has 8 heteroatoms. The fraction of sp³-hybridized carbons (Fsp3) is 0.300. The molecular weight excluding hydrogens is 673 g/mol. The number of hydrogen-bond acceptors (Lipinski definition) is 8. The largest absolute Gasteiger partial charge is 0.496 e. The third-order valence-electron chi connectivity index (χ3n) is 8.94. The lowest BCUT2D eigenvalue weighted by atomic mass is 9.87. The van der Waals surface area contributed by atoms with Gasteiger partial charge in [-0.05, 0) is 143 Å². The standard InChI is InChI=1S/C40H40O4S4/c1-21(45)25-9-29-17-31-11-26(22(2)46)13-33(38(31)42-6)19-35-15-28(24(4)48)16-36(40(35)44-8)20-34-14-27(23(3)47)12-32(39(34)43-7)18-30(10-25)37(29)41-5/h9-16H,17-20H2,1-8H3. The summed E-state index contributed by atoms with van der Waals surface area (Å²) in [5.41, 5.74) is 11.9. The van der Waals surface area contributed by atoms with E-state index in [4.69, 9.17) is 67.8 Å². The molecule has 0 saturated carbocycles. The van der Waals surface area contributed by atoms with Crippen molar-refractivity contribution in [1.82, 2.24) is 0 Å². The van der Waals surface area contributed by atoms with E-state index in [-0.39, 0.29) is 0 Å². The van der Waals surface area contributed by atoms with Crippen LogP contribution in [0.2, 0.25) is 0 Å². The Labute approximate surface area is 305 Å². The van der Waals surface area contributed by atoms with E-state index >= 15 is 0 Å². The van der Waals surface area contributed by atoms with Crippen LogP contribution < -0.4 is 18.9 Å².